The molecule has 182 valence electrons. The van der Waals surface area contributed by atoms with E-state index >= 15 is 0 Å². The van der Waals surface area contributed by atoms with Crippen molar-refractivity contribution in [1.29, 1.82) is 0 Å². The largest absolute Gasteiger partial charge is 0.458 e. The summed E-state index contributed by atoms with van der Waals surface area (Å²) >= 11 is 0. The van der Waals surface area contributed by atoms with Crippen molar-refractivity contribution < 1.29 is 45.0 Å². The maximum absolute atomic E-state index is 13.9. The summed E-state index contributed by atoms with van der Waals surface area (Å²) in [6.07, 6.45) is -13.9. The van der Waals surface area contributed by atoms with Crippen LogP contribution in [0.1, 0.15) is 5.56 Å². The van der Waals surface area contributed by atoms with Crippen molar-refractivity contribution in [2.24, 2.45) is 0 Å². The first-order valence-electron chi connectivity index (χ1n) is 9.69. The third kappa shape index (κ3) is 5.77. The molecule has 1 N–H and O–H groups in total. The zero-order valence-corrected chi connectivity index (χ0v) is 17.1. The van der Waals surface area contributed by atoms with Crippen molar-refractivity contribution in [3.8, 4) is 11.5 Å². The third-order valence-electron chi connectivity index (χ3n) is 4.72. The lowest BCUT2D eigenvalue weighted by Gasteiger charge is -2.29. The van der Waals surface area contributed by atoms with Gasteiger partial charge in [0.25, 0.3) is 0 Å². The minimum absolute atomic E-state index is 0.0378. The van der Waals surface area contributed by atoms with Gasteiger partial charge in [-0.2, -0.15) is 35.1 Å². The summed E-state index contributed by atoms with van der Waals surface area (Å²) in [5, 5.41) is 9.62. The Morgan fingerprint density at radius 2 is 1.26 bits per heavy atom. The molecule has 34 heavy (non-hydrogen) atoms. The molecule has 3 aromatic rings. The molecule has 1 atom stereocenters. The topological polar surface area (TPSA) is 32.7 Å². The Kier molecular flexibility index (Phi) is 7.06. The van der Waals surface area contributed by atoms with Gasteiger partial charge in [0.1, 0.15) is 11.5 Å². The second-order valence-electron chi connectivity index (χ2n) is 7.20. The summed E-state index contributed by atoms with van der Waals surface area (Å²) in [5.74, 6) is -4.68. The van der Waals surface area contributed by atoms with E-state index in [1.54, 1.807) is 30.3 Å². The van der Waals surface area contributed by atoms with Gasteiger partial charge in [0.2, 0.25) is 0 Å². The van der Waals surface area contributed by atoms with Gasteiger partial charge in [-0.05, 0) is 36.4 Å². The quantitative estimate of drug-likeness (QED) is 0.355. The standard InChI is InChI=1S/C23H17F8NO2/c24-21(25,23(29,30)31)15-6-4-7-16(12-15)32(14-20(33)22(26,27)28)17-8-5-11-19(13-17)34-18-9-2-1-3-10-18/h1-13,20,33H,14H2/t20-/m1/s1. The number of benzene rings is 3. The summed E-state index contributed by atoms with van der Waals surface area (Å²) in [6.45, 7) is -1.17. The van der Waals surface area contributed by atoms with E-state index < -0.39 is 42.2 Å². The molecule has 11 heteroatoms. The van der Waals surface area contributed by atoms with Crippen LogP contribution in [0, 0.1) is 0 Å². The fourth-order valence-electron chi connectivity index (χ4n) is 3.01. The smallest absolute Gasteiger partial charge is 0.457 e. The van der Waals surface area contributed by atoms with Gasteiger partial charge in [-0.1, -0.05) is 36.4 Å². The van der Waals surface area contributed by atoms with Gasteiger partial charge >= 0.3 is 18.3 Å². The molecule has 0 fully saturated rings. The van der Waals surface area contributed by atoms with Crippen molar-refractivity contribution in [1.82, 2.24) is 0 Å². The average molecular weight is 491 g/mol. The lowest BCUT2D eigenvalue weighted by molar-refractivity contribution is -0.289. The Bertz CT molecular complexity index is 1100. The van der Waals surface area contributed by atoms with E-state index in [1.807, 2.05) is 0 Å². The molecule has 0 radical (unpaired) electrons. The zero-order valence-electron chi connectivity index (χ0n) is 17.1. The van der Waals surface area contributed by atoms with Crippen molar-refractivity contribution in [3.63, 3.8) is 0 Å². The van der Waals surface area contributed by atoms with Gasteiger partial charge in [0, 0.05) is 23.0 Å². The molecule has 0 aliphatic carbocycles. The van der Waals surface area contributed by atoms with Crippen LogP contribution in [0.25, 0.3) is 0 Å². The first-order chi connectivity index (χ1) is 15.8. The second-order valence-corrected chi connectivity index (χ2v) is 7.20. The summed E-state index contributed by atoms with van der Waals surface area (Å²) in [5.41, 5.74) is -1.91. The highest BCUT2D eigenvalue weighted by molar-refractivity contribution is 5.66. The Morgan fingerprint density at radius 1 is 0.706 bits per heavy atom. The van der Waals surface area contributed by atoms with E-state index in [2.05, 4.69) is 0 Å². The van der Waals surface area contributed by atoms with Crippen molar-refractivity contribution >= 4 is 11.4 Å². The van der Waals surface area contributed by atoms with Gasteiger partial charge < -0.3 is 14.7 Å². The van der Waals surface area contributed by atoms with Crippen LogP contribution in [0.5, 0.6) is 11.5 Å². The molecule has 0 heterocycles. The van der Waals surface area contributed by atoms with Crippen LogP contribution in [-0.4, -0.2) is 30.1 Å². The number of hydrogen-bond donors (Lipinski definition) is 1. The van der Waals surface area contributed by atoms with Crippen LogP contribution in [0.15, 0.2) is 78.9 Å². The minimum Gasteiger partial charge on any atom is -0.457 e. The number of anilines is 2. The third-order valence-corrected chi connectivity index (χ3v) is 4.72. The van der Waals surface area contributed by atoms with Crippen molar-refractivity contribution in [3.05, 3.63) is 84.4 Å². The normalized spacial score (nSPS) is 13.4. The molecule has 0 saturated heterocycles. The fourth-order valence-corrected chi connectivity index (χ4v) is 3.01. The Balaban J connectivity index is 2.04. The molecule has 3 rings (SSSR count). The number of rotatable bonds is 7. The number of nitrogens with zero attached hydrogens (tertiary/aromatic N) is 1. The molecule has 0 bridgehead atoms. The van der Waals surface area contributed by atoms with E-state index in [4.69, 9.17) is 4.74 Å². The second kappa shape index (κ2) is 9.49. The first-order valence-corrected chi connectivity index (χ1v) is 9.69. The van der Waals surface area contributed by atoms with Crippen LogP contribution in [-0.2, 0) is 5.92 Å². The lowest BCUT2D eigenvalue weighted by Crippen LogP contribution is -2.39. The van der Waals surface area contributed by atoms with Crippen LogP contribution < -0.4 is 9.64 Å². The summed E-state index contributed by atoms with van der Waals surface area (Å²) in [4.78, 5) is 0.784. The maximum Gasteiger partial charge on any atom is 0.458 e. The fraction of sp³-hybridized carbons (Fsp3) is 0.217. The molecule has 0 aliphatic rings. The average Bonchev–Trinajstić information content (AvgIpc) is 2.77. The summed E-state index contributed by atoms with van der Waals surface area (Å²) in [7, 11) is 0. The van der Waals surface area contributed by atoms with Gasteiger partial charge in [-0.3, -0.25) is 0 Å². The van der Waals surface area contributed by atoms with Crippen LogP contribution in [0.2, 0.25) is 0 Å². The molecule has 0 aliphatic heterocycles. The van der Waals surface area contributed by atoms with Crippen LogP contribution >= 0.6 is 0 Å². The van der Waals surface area contributed by atoms with E-state index in [0.717, 1.165) is 17.0 Å². The van der Waals surface area contributed by atoms with E-state index in [-0.39, 0.29) is 11.4 Å². The number of para-hydroxylation sites is 1. The Labute approximate surface area is 188 Å². The van der Waals surface area contributed by atoms with Crippen LogP contribution in [0.3, 0.4) is 0 Å². The monoisotopic (exact) mass is 491 g/mol. The Morgan fingerprint density at radius 3 is 1.85 bits per heavy atom. The number of alkyl halides is 8. The maximum atomic E-state index is 13.9. The number of aliphatic hydroxyl groups excluding tert-OH is 1. The molecule has 3 aromatic carbocycles. The molecule has 0 unspecified atom stereocenters. The number of halogens is 8. The minimum atomic E-state index is -5.91. The first kappa shape index (κ1) is 25.3. The van der Waals surface area contributed by atoms with E-state index in [1.165, 1.54) is 24.3 Å². The summed E-state index contributed by atoms with van der Waals surface area (Å²) in [6, 6.07) is 16.6. The molecule has 0 spiro atoms. The molecule has 0 saturated carbocycles. The van der Waals surface area contributed by atoms with Crippen molar-refractivity contribution in [2.45, 2.75) is 24.4 Å². The van der Waals surface area contributed by atoms with Gasteiger partial charge in [-0.25, -0.2) is 0 Å². The van der Waals surface area contributed by atoms with Gasteiger partial charge in [0.05, 0.1) is 6.54 Å². The highest BCUT2D eigenvalue weighted by Gasteiger charge is 2.58. The predicted octanol–water partition coefficient (Wildman–Crippen LogP) is 7.19. The van der Waals surface area contributed by atoms with Crippen molar-refractivity contribution in [2.75, 3.05) is 11.4 Å². The number of ether oxygens (including phenoxy) is 1. The highest BCUT2D eigenvalue weighted by Crippen LogP contribution is 2.45. The predicted molar refractivity (Wildman–Crippen MR) is 108 cm³/mol. The zero-order chi connectivity index (χ0) is 25.1. The van der Waals surface area contributed by atoms with E-state index in [0.29, 0.717) is 17.9 Å². The van der Waals surface area contributed by atoms with Crippen LogP contribution in [0.4, 0.5) is 46.5 Å². The SMILES string of the molecule is O[C@H](CN(c1cccc(Oc2ccccc2)c1)c1cccc(C(F)(F)C(F)(F)F)c1)C(F)(F)F. The number of aliphatic hydroxyl groups is 1. The van der Waals surface area contributed by atoms with Gasteiger partial charge in [-0.15, -0.1) is 0 Å². The summed E-state index contributed by atoms with van der Waals surface area (Å²) < 4.78 is 111. The number of hydrogen-bond acceptors (Lipinski definition) is 3. The lowest BCUT2D eigenvalue weighted by atomic mass is 10.1. The molecular formula is C23H17F8NO2. The molecular weight excluding hydrogens is 474 g/mol. The highest BCUT2D eigenvalue weighted by atomic mass is 19.4. The Hall–Kier alpha value is -3.34. The molecule has 0 aromatic heterocycles. The molecule has 0 amide bonds. The van der Waals surface area contributed by atoms with E-state index in [9.17, 15) is 40.2 Å². The van der Waals surface area contributed by atoms with Gasteiger partial charge in [0.15, 0.2) is 6.10 Å². The molecule has 3 nitrogen and oxygen atoms in total.